The third kappa shape index (κ3) is 4.00. The van der Waals surface area contributed by atoms with E-state index in [0.29, 0.717) is 12.6 Å². The molecule has 1 aromatic carbocycles. The van der Waals surface area contributed by atoms with Gasteiger partial charge in [-0.15, -0.1) is 0 Å². The van der Waals surface area contributed by atoms with Crippen LogP contribution in [0.2, 0.25) is 0 Å². The molecule has 0 unspecified atom stereocenters. The summed E-state index contributed by atoms with van der Waals surface area (Å²) < 4.78 is 5.48. The first-order valence-corrected chi connectivity index (χ1v) is 10.6. The molecule has 5 heteroatoms. The number of aryl methyl sites for hydroxylation is 1. The van der Waals surface area contributed by atoms with Gasteiger partial charge in [0, 0.05) is 62.2 Å². The minimum atomic E-state index is 0.102. The summed E-state index contributed by atoms with van der Waals surface area (Å²) in [6.45, 7) is 4.48. The van der Waals surface area contributed by atoms with E-state index < -0.39 is 0 Å². The quantitative estimate of drug-likeness (QED) is 0.856. The van der Waals surface area contributed by atoms with E-state index >= 15 is 0 Å². The van der Waals surface area contributed by atoms with Gasteiger partial charge in [-0.05, 0) is 49.7 Å². The molecule has 0 atom stereocenters. The highest BCUT2D eigenvalue weighted by molar-refractivity contribution is 6.08. The Morgan fingerprint density at radius 1 is 1.18 bits per heavy atom. The number of benzene rings is 1. The first kappa shape index (κ1) is 19.2. The monoisotopic (exact) mass is 381 g/mol. The Kier molecular flexibility index (Phi) is 5.81. The number of likely N-dealkylation sites (tertiary alicyclic amines) is 1. The second kappa shape index (κ2) is 8.48. The molecule has 1 amide bonds. The summed E-state index contributed by atoms with van der Waals surface area (Å²) in [7, 11) is 0. The van der Waals surface area contributed by atoms with Gasteiger partial charge in [-0.25, -0.2) is 0 Å². The average Bonchev–Trinajstić information content (AvgIpc) is 2.73. The predicted octanol–water partition coefficient (Wildman–Crippen LogP) is 3.11. The number of ether oxygens (including phenoxy) is 1. The first-order valence-electron chi connectivity index (χ1n) is 10.6. The fourth-order valence-electron chi connectivity index (χ4n) is 4.64. The van der Waals surface area contributed by atoms with Crippen LogP contribution in [0.5, 0.6) is 0 Å². The third-order valence-electron chi connectivity index (χ3n) is 6.30. The summed E-state index contributed by atoms with van der Waals surface area (Å²) in [6.07, 6.45) is 7.40. The van der Waals surface area contributed by atoms with Crippen LogP contribution in [0, 0.1) is 0 Å². The van der Waals surface area contributed by atoms with Gasteiger partial charge in [0.2, 0.25) is 5.91 Å². The molecule has 0 saturated carbocycles. The van der Waals surface area contributed by atoms with Gasteiger partial charge in [-0.3, -0.25) is 9.79 Å². The maximum absolute atomic E-state index is 12.0. The van der Waals surface area contributed by atoms with Crippen LogP contribution >= 0.6 is 0 Å². The molecule has 28 heavy (non-hydrogen) atoms. The minimum absolute atomic E-state index is 0.102. The van der Waals surface area contributed by atoms with Gasteiger partial charge in [0.1, 0.15) is 0 Å². The number of nitrogens with two attached hydrogens (primary N) is 1. The molecule has 0 bridgehead atoms. The van der Waals surface area contributed by atoms with Crippen molar-refractivity contribution in [2.45, 2.75) is 57.9 Å². The molecule has 0 radical (unpaired) electrons. The zero-order valence-corrected chi connectivity index (χ0v) is 16.9. The molecule has 4 rings (SSSR count). The number of aliphatic imine (C=N–C) groups is 1. The molecular formula is C23H31N3O2. The zero-order valence-electron chi connectivity index (χ0n) is 16.9. The highest BCUT2D eigenvalue weighted by Crippen LogP contribution is 2.30. The van der Waals surface area contributed by atoms with Gasteiger partial charge in [0.25, 0.3) is 0 Å². The molecule has 3 aliphatic rings. The van der Waals surface area contributed by atoms with Crippen molar-refractivity contribution in [1.82, 2.24) is 4.90 Å². The molecule has 2 saturated heterocycles. The zero-order chi connectivity index (χ0) is 19.5. The largest absolute Gasteiger partial charge is 0.398 e. The average molecular weight is 382 g/mol. The highest BCUT2D eigenvalue weighted by atomic mass is 16.5. The molecule has 2 fully saturated rings. The first-order chi connectivity index (χ1) is 13.6. The fourth-order valence-corrected chi connectivity index (χ4v) is 4.64. The number of amides is 1. The Labute approximate surface area is 167 Å². The van der Waals surface area contributed by atoms with Crippen LogP contribution < -0.4 is 5.73 Å². The summed E-state index contributed by atoms with van der Waals surface area (Å²) in [5.41, 5.74) is 13.7. The molecule has 2 heterocycles. The van der Waals surface area contributed by atoms with E-state index in [0.717, 1.165) is 74.4 Å². The van der Waals surface area contributed by atoms with Crippen molar-refractivity contribution in [2.24, 2.45) is 10.7 Å². The maximum atomic E-state index is 12.0. The number of piperidine rings is 1. The summed E-state index contributed by atoms with van der Waals surface area (Å²) in [6, 6.07) is 6.80. The molecule has 2 aliphatic heterocycles. The smallest absolute Gasteiger partial charge is 0.219 e. The van der Waals surface area contributed by atoms with Crippen molar-refractivity contribution in [3.8, 4) is 0 Å². The van der Waals surface area contributed by atoms with E-state index in [1.54, 1.807) is 6.92 Å². The number of nitrogens with zero attached hydrogens (tertiary/aromatic N) is 2. The van der Waals surface area contributed by atoms with Gasteiger partial charge < -0.3 is 15.4 Å². The summed E-state index contributed by atoms with van der Waals surface area (Å²) >= 11 is 0. The molecule has 1 aliphatic carbocycles. The topological polar surface area (TPSA) is 67.9 Å². The SMILES string of the molecule is CC(=O)N1CCC(=NC2CCOCC2)C(=C(N)c2cccc3c2CCCC3)C1. The summed E-state index contributed by atoms with van der Waals surface area (Å²) in [4.78, 5) is 19.0. The van der Waals surface area contributed by atoms with Crippen molar-refractivity contribution >= 4 is 17.3 Å². The van der Waals surface area contributed by atoms with Crippen molar-refractivity contribution in [1.29, 1.82) is 0 Å². The number of hydrogen-bond acceptors (Lipinski definition) is 4. The number of carbonyl (C=O) groups excluding carboxylic acids is 1. The third-order valence-corrected chi connectivity index (χ3v) is 6.30. The van der Waals surface area contributed by atoms with Crippen LogP contribution in [-0.4, -0.2) is 48.9 Å². The van der Waals surface area contributed by atoms with Gasteiger partial charge in [0.05, 0.1) is 6.04 Å². The summed E-state index contributed by atoms with van der Waals surface area (Å²) in [5.74, 6) is 0.102. The molecule has 150 valence electrons. The number of hydrogen-bond donors (Lipinski definition) is 1. The molecule has 5 nitrogen and oxygen atoms in total. The van der Waals surface area contributed by atoms with Crippen molar-refractivity contribution in [3.63, 3.8) is 0 Å². The van der Waals surface area contributed by atoms with Gasteiger partial charge in [-0.1, -0.05) is 18.2 Å². The fraction of sp³-hybridized carbons (Fsp3) is 0.565. The lowest BCUT2D eigenvalue weighted by Crippen LogP contribution is -2.40. The Balaban J connectivity index is 1.74. The molecule has 1 aromatic rings. The van der Waals surface area contributed by atoms with E-state index in [4.69, 9.17) is 15.5 Å². The summed E-state index contributed by atoms with van der Waals surface area (Å²) in [5, 5.41) is 0. The lowest BCUT2D eigenvalue weighted by molar-refractivity contribution is -0.128. The van der Waals surface area contributed by atoms with Crippen molar-refractivity contribution in [3.05, 3.63) is 40.5 Å². The second-order valence-electron chi connectivity index (χ2n) is 8.15. The maximum Gasteiger partial charge on any atom is 0.219 e. The van der Waals surface area contributed by atoms with Crippen LogP contribution in [0.25, 0.3) is 5.70 Å². The Bertz CT molecular complexity index is 806. The molecule has 0 spiro atoms. The number of rotatable bonds is 2. The Hall–Kier alpha value is -2.14. The molecule has 2 N–H and O–H groups in total. The Morgan fingerprint density at radius 2 is 1.96 bits per heavy atom. The Morgan fingerprint density at radius 3 is 2.75 bits per heavy atom. The van der Waals surface area contributed by atoms with Crippen molar-refractivity contribution in [2.75, 3.05) is 26.3 Å². The second-order valence-corrected chi connectivity index (χ2v) is 8.15. The number of carbonyl (C=O) groups is 1. The normalized spacial score (nSPS) is 24.2. The van der Waals surface area contributed by atoms with Crippen LogP contribution in [0.4, 0.5) is 0 Å². The highest BCUT2D eigenvalue weighted by Gasteiger charge is 2.27. The number of fused-ring (bicyclic) bond motifs is 1. The predicted molar refractivity (Wildman–Crippen MR) is 112 cm³/mol. The van der Waals surface area contributed by atoms with Crippen molar-refractivity contribution < 1.29 is 9.53 Å². The van der Waals surface area contributed by atoms with Gasteiger partial charge in [0.15, 0.2) is 0 Å². The lowest BCUT2D eigenvalue weighted by atomic mass is 9.85. The van der Waals surface area contributed by atoms with Crippen LogP contribution in [0.15, 0.2) is 28.8 Å². The van der Waals surface area contributed by atoms with E-state index in [2.05, 4.69) is 18.2 Å². The lowest BCUT2D eigenvalue weighted by Gasteiger charge is -2.32. The van der Waals surface area contributed by atoms with E-state index in [-0.39, 0.29) is 5.91 Å². The van der Waals surface area contributed by atoms with Gasteiger partial charge in [-0.2, -0.15) is 0 Å². The van der Waals surface area contributed by atoms with Gasteiger partial charge >= 0.3 is 0 Å². The molecular weight excluding hydrogens is 350 g/mol. The van der Waals surface area contributed by atoms with Crippen LogP contribution in [0.3, 0.4) is 0 Å². The minimum Gasteiger partial charge on any atom is -0.398 e. The standard InChI is InChI=1S/C23H31N3O2/c1-16(27)26-12-9-22(25-18-10-13-28-14-11-18)21(15-26)23(24)20-8-4-6-17-5-2-3-7-19(17)20/h4,6,8,18H,2-3,5,7,9-15,24H2,1H3. The van der Waals surface area contributed by atoms with E-state index in [9.17, 15) is 4.79 Å². The van der Waals surface area contributed by atoms with E-state index in [1.165, 1.54) is 24.0 Å². The molecule has 0 aromatic heterocycles. The van der Waals surface area contributed by atoms with E-state index in [1.807, 2.05) is 4.90 Å². The van der Waals surface area contributed by atoms with Crippen LogP contribution in [-0.2, 0) is 22.4 Å². The van der Waals surface area contributed by atoms with Crippen LogP contribution in [0.1, 0.15) is 55.7 Å².